The largest absolute Gasteiger partial charge is 0.284 e. The summed E-state index contributed by atoms with van der Waals surface area (Å²) in [6.45, 7) is 0. The molecule has 1 aliphatic rings. The Kier molecular flexibility index (Phi) is 4.05. The molecule has 3 heterocycles. The van der Waals surface area contributed by atoms with E-state index >= 15 is 0 Å². The van der Waals surface area contributed by atoms with Crippen molar-refractivity contribution in [2.45, 2.75) is 25.7 Å². The number of hydrogen-bond donors (Lipinski definition) is 2. The average molecular weight is 380 g/mol. The van der Waals surface area contributed by atoms with Crippen molar-refractivity contribution in [2.24, 2.45) is 11.1 Å². The van der Waals surface area contributed by atoms with Crippen LogP contribution in [0.4, 0.5) is 0 Å². The number of nitrogens with zero attached hydrogens (tertiary/aromatic N) is 3. The summed E-state index contributed by atoms with van der Waals surface area (Å²) in [5.41, 5.74) is 2.60. The van der Waals surface area contributed by atoms with E-state index in [1.165, 1.54) is 12.8 Å². The van der Waals surface area contributed by atoms with Crippen LogP contribution in [0.25, 0.3) is 16.9 Å². The van der Waals surface area contributed by atoms with Gasteiger partial charge in [0.05, 0.1) is 10.8 Å². The van der Waals surface area contributed by atoms with E-state index in [9.17, 15) is 8.42 Å². The van der Waals surface area contributed by atoms with Crippen LogP contribution in [0.15, 0.2) is 24.5 Å². The molecule has 3 aromatic rings. The number of aromatic amines is 1. The Bertz CT molecular complexity index is 1040. The molecule has 0 spiro atoms. The maximum absolute atomic E-state index is 11.4. The number of H-pyrrole nitrogens is 1. The van der Waals surface area contributed by atoms with Crippen LogP contribution in [0.2, 0.25) is 5.02 Å². The van der Waals surface area contributed by atoms with Crippen LogP contribution in [0.5, 0.6) is 0 Å². The second kappa shape index (κ2) is 6.12. The van der Waals surface area contributed by atoms with Gasteiger partial charge in [0.15, 0.2) is 5.82 Å². The third kappa shape index (κ3) is 3.56. The van der Waals surface area contributed by atoms with Gasteiger partial charge >= 0.3 is 0 Å². The lowest BCUT2D eigenvalue weighted by molar-refractivity contribution is 0.597. The van der Waals surface area contributed by atoms with Gasteiger partial charge in [-0.15, -0.1) is 0 Å². The summed E-state index contributed by atoms with van der Waals surface area (Å²) < 4.78 is 24.7. The van der Waals surface area contributed by atoms with E-state index in [0.717, 1.165) is 28.7 Å². The Hall–Kier alpha value is -1.90. The molecule has 1 fully saturated rings. The molecule has 9 heteroatoms. The van der Waals surface area contributed by atoms with Crippen LogP contribution < -0.4 is 5.14 Å². The first-order valence-electron chi connectivity index (χ1n) is 8.10. The number of sulfonamides is 1. The highest BCUT2D eigenvalue weighted by Crippen LogP contribution is 2.34. The molecular weight excluding hydrogens is 362 g/mol. The highest BCUT2D eigenvalue weighted by molar-refractivity contribution is 7.89. The summed E-state index contributed by atoms with van der Waals surface area (Å²) >= 11 is 6.00. The predicted molar refractivity (Wildman–Crippen MR) is 96.3 cm³/mol. The van der Waals surface area contributed by atoms with E-state index in [2.05, 4.69) is 15.2 Å². The second-order valence-corrected chi connectivity index (χ2v) is 8.69. The zero-order valence-electron chi connectivity index (χ0n) is 13.4. The summed E-state index contributed by atoms with van der Waals surface area (Å²) in [6.07, 6.45) is 7.06. The lowest BCUT2D eigenvalue weighted by Gasteiger charge is -2.07. The molecule has 0 amide bonds. The third-order valence-electron chi connectivity index (χ3n) is 4.48. The van der Waals surface area contributed by atoms with Gasteiger partial charge in [0, 0.05) is 29.0 Å². The van der Waals surface area contributed by atoms with Crippen LogP contribution in [0.1, 0.15) is 24.1 Å². The molecule has 0 atom stereocenters. The fraction of sp³-hybridized carbons (Fsp3) is 0.375. The SMILES string of the molecule is NS(=O)(=O)CCc1c(-n2ccc3cc(Cl)cnc32)n[nH]c1CC1CC1. The molecule has 0 saturated heterocycles. The van der Waals surface area contributed by atoms with E-state index in [1.54, 1.807) is 6.20 Å². The number of nitrogens with two attached hydrogens (primary N) is 1. The lowest BCUT2D eigenvalue weighted by Crippen LogP contribution is -2.19. The van der Waals surface area contributed by atoms with Gasteiger partial charge in [-0.05, 0) is 43.7 Å². The molecule has 132 valence electrons. The van der Waals surface area contributed by atoms with E-state index < -0.39 is 10.0 Å². The van der Waals surface area contributed by atoms with Crippen LogP contribution in [-0.4, -0.2) is 33.9 Å². The normalized spacial score (nSPS) is 15.1. The van der Waals surface area contributed by atoms with Gasteiger partial charge < -0.3 is 0 Å². The number of fused-ring (bicyclic) bond motifs is 1. The van der Waals surface area contributed by atoms with Gasteiger partial charge in [-0.3, -0.25) is 9.67 Å². The summed E-state index contributed by atoms with van der Waals surface area (Å²) in [7, 11) is -3.55. The molecule has 0 radical (unpaired) electrons. The van der Waals surface area contributed by atoms with Gasteiger partial charge in [-0.1, -0.05) is 11.6 Å². The molecule has 25 heavy (non-hydrogen) atoms. The van der Waals surface area contributed by atoms with Crippen molar-refractivity contribution in [3.05, 3.63) is 40.8 Å². The Balaban J connectivity index is 1.77. The monoisotopic (exact) mass is 379 g/mol. The number of primary sulfonamides is 1. The fourth-order valence-electron chi connectivity index (χ4n) is 3.04. The van der Waals surface area contributed by atoms with Crippen molar-refractivity contribution >= 4 is 32.7 Å². The Labute approximate surface area is 150 Å². The van der Waals surface area contributed by atoms with Gasteiger partial charge in [0.1, 0.15) is 5.65 Å². The smallest absolute Gasteiger partial charge is 0.209 e. The lowest BCUT2D eigenvalue weighted by atomic mass is 10.1. The number of nitrogens with one attached hydrogen (secondary N) is 1. The first kappa shape index (κ1) is 16.6. The average Bonchev–Trinajstić information content (AvgIpc) is 3.12. The minimum absolute atomic E-state index is 0.115. The van der Waals surface area contributed by atoms with Crippen molar-refractivity contribution in [2.75, 3.05) is 5.75 Å². The number of aromatic nitrogens is 4. The van der Waals surface area contributed by atoms with E-state index in [0.29, 0.717) is 23.2 Å². The third-order valence-corrected chi connectivity index (χ3v) is 5.46. The van der Waals surface area contributed by atoms with E-state index in [-0.39, 0.29) is 5.75 Å². The second-order valence-electron chi connectivity index (χ2n) is 6.52. The first-order valence-corrected chi connectivity index (χ1v) is 10.2. The maximum Gasteiger partial charge on any atom is 0.209 e. The zero-order valence-corrected chi connectivity index (χ0v) is 15.0. The number of hydrogen-bond acceptors (Lipinski definition) is 4. The standard InChI is InChI=1S/C16H18ClN5O2S/c17-12-8-11-3-5-22(15(11)19-9-12)16-13(4-6-25(18,23)24)14(20-21-16)7-10-1-2-10/h3,5,8-10H,1-2,4,6-7H2,(H,20,21)(H2,18,23,24). The van der Waals surface area contributed by atoms with Gasteiger partial charge in [-0.2, -0.15) is 5.10 Å². The maximum atomic E-state index is 11.4. The highest BCUT2D eigenvalue weighted by Gasteiger charge is 2.26. The van der Waals surface area contributed by atoms with Crippen molar-refractivity contribution in [1.82, 2.24) is 19.7 Å². The Morgan fingerprint density at radius 1 is 1.40 bits per heavy atom. The molecule has 4 rings (SSSR count). The first-order chi connectivity index (χ1) is 11.9. The Morgan fingerprint density at radius 3 is 2.92 bits per heavy atom. The fourth-order valence-corrected chi connectivity index (χ4v) is 3.70. The van der Waals surface area contributed by atoms with Crippen LogP contribution >= 0.6 is 11.6 Å². The summed E-state index contributed by atoms with van der Waals surface area (Å²) in [5.74, 6) is 1.21. The van der Waals surface area contributed by atoms with E-state index in [1.807, 2.05) is 22.9 Å². The van der Waals surface area contributed by atoms with Crippen molar-refractivity contribution < 1.29 is 8.42 Å². The van der Waals surface area contributed by atoms with Crippen LogP contribution in [-0.2, 0) is 22.9 Å². The van der Waals surface area contributed by atoms with Crippen molar-refractivity contribution in [1.29, 1.82) is 0 Å². The highest BCUT2D eigenvalue weighted by atomic mass is 35.5. The quantitative estimate of drug-likeness (QED) is 0.684. The van der Waals surface area contributed by atoms with Gasteiger partial charge in [-0.25, -0.2) is 18.5 Å². The molecule has 1 aliphatic carbocycles. The minimum atomic E-state index is -3.55. The molecule has 3 aromatic heterocycles. The molecule has 1 saturated carbocycles. The number of rotatable bonds is 6. The molecule has 7 nitrogen and oxygen atoms in total. The minimum Gasteiger partial charge on any atom is -0.284 e. The Morgan fingerprint density at radius 2 is 2.20 bits per heavy atom. The molecule has 0 unspecified atom stereocenters. The van der Waals surface area contributed by atoms with Crippen molar-refractivity contribution in [3.63, 3.8) is 0 Å². The number of halogens is 1. The summed E-state index contributed by atoms with van der Waals surface area (Å²) in [6, 6.07) is 3.75. The molecular formula is C16H18ClN5O2S. The van der Waals surface area contributed by atoms with Gasteiger partial charge in [0.2, 0.25) is 10.0 Å². The van der Waals surface area contributed by atoms with Gasteiger partial charge in [0.25, 0.3) is 0 Å². The topological polar surface area (TPSA) is 107 Å². The molecule has 0 aromatic carbocycles. The summed E-state index contributed by atoms with van der Waals surface area (Å²) in [5, 5.41) is 14.2. The van der Waals surface area contributed by atoms with Crippen LogP contribution in [0, 0.1) is 5.92 Å². The molecule has 3 N–H and O–H groups in total. The number of pyridine rings is 1. The zero-order chi connectivity index (χ0) is 17.6. The molecule has 0 aliphatic heterocycles. The molecule has 0 bridgehead atoms. The van der Waals surface area contributed by atoms with E-state index in [4.69, 9.17) is 16.7 Å². The van der Waals surface area contributed by atoms with Crippen molar-refractivity contribution in [3.8, 4) is 5.82 Å². The summed E-state index contributed by atoms with van der Waals surface area (Å²) in [4.78, 5) is 4.38. The predicted octanol–water partition coefficient (Wildman–Crippen LogP) is 2.19. The van der Waals surface area contributed by atoms with Crippen LogP contribution in [0.3, 0.4) is 0 Å².